The van der Waals surface area contributed by atoms with Gasteiger partial charge in [0.1, 0.15) is 0 Å². The van der Waals surface area contributed by atoms with E-state index < -0.39 is 30.4 Å². The Morgan fingerprint density at radius 2 is 1.83 bits per heavy atom. The van der Waals surface area contributed by atoms with E-state index in [1.54, 1.807) is 5.32 Å². The summed E-state index contributed by atoms with van der Waals surface area (Å²) in [7, 11) is 0. The van der Waals surface area contributed by atoms with Gasteiger partial charge in [0, 0.05) is 12.4 Å². The van der Waals surface area contributed by atoms with E-state index in [9.17, 15) is 24.6 Å². The van der Waals surface area contributed by atoms with Crippen LogP contribution in [0.15, 0.2) is 0 Å². The van der Waals surface area contributed by atoms with Gasteiger partial charge in [0.25, 0.3) is 0 Å². The summed E-state index contributed by atoms with van der Waals surface area (Å²) in [5, 5.41) is 21.7. The van der Waals surface area contributed by atoms with Gasteiger partial charge in [-0.3, -0.25) is 0 Å². The van der Waals surface area contributed by atoms with Crippen molar-refractivity contribution in [2.24, 2.45) is 5.73 Å². The molecule has 0 aliphatic heterocycles. The normalized spacial score (nSPS) is 11.7. The molecule has 12 heavy (non-hydrogen) atoms. The van der Waals surface area contributed by atoms with Crippen molar-refractivity contribution >= 4 is 18.0 Å². The highest BCUT2D eigenvalue weighted by Gasteiger charge is 2.10. The monoisotopic (exact) mass is 174 g/mol. The maximum atomic E-state index is 10.1. The van der Waals surface area contributed by atoms with Crippen LogP contribution in [-0.4, -0.2) is 24.0 Å². The van der Waals surface area contributed by atoms with Gasteiger partial charge in [-0.25, -0.2) is 4.79 Å². The quantitative estimate of drug-likeness (QED) is 0.446. The van der Waals surface area contributed by atoms with E-state index >= 15 is 0 Å². The summed E-state index contributed by atoms with van der Waals surface area (Å²) in [5.41, 5.74) is 4.55. The lowest BCUT2D eigenvalue weighted by molar-refractivity contribution is -0.317. The standard InChI is InChI=1S/C5H8N2O5/c6-5(12)7-2(4(10)11)1-3(8)9/h2H,1H2,(H,8,9)(H,10,11)(H3,6,7,12)/p-2/t2-/m1/s1. The van der Waals surface area contributed by atoms with Crippen molar-refractivity contribution in [1.29, 1.82) is 0 Å². The van der Waals surface area contributed by atoms with Gasteiger partial charge in [0.15, 0.2) is 0 Å². The number of primary amides is 1. The maximum Gasteiger partial charge on any atom is 0.312 e. The number of rotatable bonds is 4. The summed E-state index contributed by atoms with van der Waals surface area (Å²) in [5.74, 6) is -3.34. The molecule has 0 aromatic carbocycles. The molecule has 0 radical (unpaired) electrons. The smallest absolute Gasteiger partial charge is 0.312 e. The molecule has 0 aromatic rings. The van der Waals surface area contributed by atoms with E-state index in [1.165, 1.54) is 0 Å². The number of nitrogens with two attached hydrogens (primary N) is 1. The van der Waals surface area contributed by atoms with Crippen molar-refractivity contribution in [3.63, 3.8) is 0 Å². The molecule has 0 rings (SSSR count). The Morgan fingerprint density at radius 3 is 2.08 bits per heavy atom. The summed E-state index contributed by atoms with van der Waals surface area (Å²) >= 11 is 0. The number of amides is 2. The van der Waals surface area contributed by atoms with Crippen molar-refractivity contribution in [3.05, 3.63) is 0 Å². The molecule has 1 atom stereocenters. The van der Waals surface area contributed by atoms with Gasteiger partial charge < -0.3 is 30.9 Å². The molecule has 7 heteroatoms. The molecule has 0 saturated heterocycles. The Morgan fingerprint density at radius 1 is 1.33 bits per heavy atom. The van der Waals surface area contributed by atoms with Crippen LogP contribution in [0.5, 0.6) is 0 Å². The van der Waals surface area contributed by atoms with Gasteiger partial charge in [-0.1, -0.05) is 0 Å². The van der Waals surface area contributed by atoms with Gasteiger partial charge >= 0.3 is 6.03 Å². The number of carboxylic acids is 2. The van der Waals surface area contributed by atoms with E-state index in [0.29, 0.717) is 0 Å². The molecule has 0 aromatic heterocycles. The highest BCUT2D eigenvalue weighted by Crippen LogP contribution is 1.87. The molecule has 0 saturated carbocycles. The largest absolute Gasteiger partial charge is 0.550 e. The number of urea groups is 1. The lowest BCUT2D eigenvalue weighted by Crippen LogP contribution is -2.51. The zero-order valence-corrected chi connectivity index (χ0v) is 5.90. The fourth-order valence-corrected chi connectivity index (χ4v) is 0.532. The van der Waals surface area contributed by atoms with Crippen LogP contribution in [0.1, 0.15) is 6.42 Å². The highest BCUT2D eigenvalue weighted by molar-refractivity contribution is 5.84. The highest BCUT2D eigenvalue weighted by atomic mass is 16.4. The average Bonchev–Trinajstić information content (AvgIpc) is 1.83. The molecule has 0 spiro atoms. The second kappa shape index (κ2) is 4.16. The lowest BCUT2D eigenvalue weighted by Gasteiger charge is -2.18. The minimum Gasteiger partial charge on any atom is -0.550 e. The summed E-state index contributed by atoms with van der Waals surface area (Å²) in [6.07, 6.45) is -0.870. The first kappa shape index (κ1) is 10.2. The first-order valence-electron chi connectivity index (χ1n) is 2.90. The molecule has 68 valence electrons. The summed E-state index contributed by atoms with van der Waals surface area (Å²) in [4.78, 5) is 30.1. The van der Waals surface area contributed by atoms with E-state index in [2.05, 4.69) is 5.73 Å². The van der Waals surface area contributed by atoms with Crippen LogP contribution in [0.3, 0.4) is 0 Å². The Bertz CT molecular complexity index is 198. The second-order valence-corrected chi connectivity index (χ2v) is 1.96. The van der Waals surface area contributed by atoms with Crippen molar-refractivity contribution in [2.75, 3.05) is 0 Å². The second-order valence-electron chi connectivity index (χ2n) is 1.96. The predicted octanol–water partition coefficient (Wildman–Crippen LogP) is -4.09. The minimum absolute atomic E-state index is 0.870. The fourth-order valence-electron chi connectivity index (χ4n) is 0.532. The molecule has 7 nitrogen and oxygen atoms in total. The van der Waals surface area contributed by atoms with Crippen molar-refractivity contribution < 1.29 is 24.6 Å². The molecule has 0 aliphatic carbocycles. The number of hydrogen-bond donors (Lipinski definition) is 2. The summed E-state index contributed by atoms with van der Waals surface area (Å²) < 4.78 is 0. The van der Waals surface area contributed by atoms with Crippen LogP contribution in [0.25, 0.3) is 0 Å². The fraction of sp³-hybridized carbons (Fsp3) is 0.400. The average molecular weight is 174 g/mol. The van der Waals surface area contributed by atoms with Crippen LogP contribution in [-0.2, 0) is 9.59 Å². The van der Waals surface area contributed by atoms with E-state index in [-0.39, 0.29) is 0 Å². The third-order valence-corrected chi connectivity index (χ3v) is 0.972. The van der Waals surface area contributed by atoms with Gasteiger partial charge in [-0.05, 0) is 0 Å². The van der Waals surface area contributed by atoms with Crippen molar-refractivity contribution in [3.8, 4) is 0 Å². The Hall–Kier alpha value is -1.79. The maximum absolute atomic E-state index is 10.1. The first-order valence-corrected chi connectivity index (χ1v) is 2.90. The predicted molar refractivity (Wildman–Crippen MR) is 31.1 cm³/mol. The topological polar surface area (TPSA) is 135 Å². The van der Waals surface area contributed by atoms with Crippen molar-refractivity contribution in [2.45, 2.75) is 12.5 Å². The van der Waals surface area contributed by atoms with Crippen LogP contribution < -0.4 is 21.3 Å². The van der Waals surface area contributed by atoms with E-state index in [0.717, 1.165) is 0 Å². The minimum atomic E-state index is -1.72. The Balaban J connectivity index is 4.14. The van der Waals surface area contributed by atoms with Crippen LogP contribution in [0.2, 0.25) is 0 Å². The number of hydrogen-bond acceptors (Lipinski definition) is 5. The Labute approximate surface area is 67.2 Å². The zero-order chi connectivity index (χ0) is 9.72. The molecule has 0 aliphatic rings. The molecule has 2 amide bonds. The third-order valence-electron chi connectivity index (χ3n) is 0.972. The summed E-state index contributed by atoms with van der Waals surface area (Å²) in [6, 6.07) is -2.78. The molecule has 0 fully saturated rings. The number of carboxylic acid groups (broad SMARTS) is 2. The number of carbonyl (C=O) groups excluding carboxylic acids is 3. The molecular weight excluding hydrogens is 168 g/mol. The van der Waals surface area contributed by atoms with Gasteiger partial charge in [0.05, 0.1) is 12.0 Å². The van der Waals surface area contributed by atoms with Gasteiger partial charge in [0.2, 0.25) is 0 Å². The molecule has 0 heterocycles. The molecular formula is C5H6N2O5-2. The first-order chi connectivity index (χ1) is 5.43. The Kier molecular flexibility index (Phi) is 3.54. The summed E-state index contributed by atoms with van der Waals surface area (Å²) in [6.45, 7) is 0. The third kappa shape index (κ3) is 4.09. The number of nitrogens with one attached hydrogen (secondary N) is 1. The van der Waals surface area contributed by atoms with Crippen LogP contribution in [0, 0.1) is 0 Å². The van der Waals surface area contributed by atoms with Crippen LogP contribution in [0.4, 0.5) is 4.79 Å². The van der Waals surface area contributed by atoms with Gasteiger partial charge in [-0.15, -0.1) is 0 Å². The number of aliphatic carboxylic acids is 2. The van der Waals surface area contributed by atoms with Gasteiger partial charge in [-0.2, -0.15) is 0 Å². The SMILES string of the molecule is NC(=O)N[C@H](CC(=O)[O-])C(=O)[O-]. The zero-order valence-electron chi connectivity index (χ0n) is 5.90. The van der Waals surface area contributed by atoms with Crippen molar-refractivity contribution in [1.82, 2.24) is 5.32 Å². The molecule has 0 unspecified atom stereocenters. The lowest BCUT2D eigenvalue weighted by atomic mass is 10.2. The number of carbonyl (C=O) groups is 3. The van der Waals surface area contributed by atoms with E-state index in [1.807, 2.05) is 0 Å². The van der Waals surface area contributed by atoms with E-state index in [4.69, 9.17) is 0 Å². The molecule has 3 N–H and O–H groups in total. The molecule has 0 bridgehead atoms. The van der Waals surface area contributed by atoms with Crippen LogP contribution >= 0.6 is 0 Å².